The molecule has 1 aliphatic rings. The highest BCUT2D eigenvalue weighted by atomic mass is 14.9. The topological polar surface area (TPSA) is 77.6 Å². The number of hydrogen-bond acceptors (Lipinski definition) is 5. The van der Waals surface area contributed by atoms with Crippen LogP contribution in [0, 0.1) is 0 Å². The SMILES string of the molecule is CC(N)CCC1(C)c2cccc3c(-c4ncc(-c5ccccc5)cn4)cc4cc(-c5ncc(-c6ccccc6)cn5)c5cccc1c5c4c23. The first-order chi connectivity index (χ1) is 24.0. The van der Waals surface area contributed by atoms with E-state index in [1.807, 2.05) is 61.2 Å². The Balaban J connectivity index is 1.32. The van der Waals surface area contributed by atoms with E-state index in [1.54, 1.807) is 0 Å². The van der Waals surface area contributed by atoms with Gasteiger partial charge in [0.2, 0.25) is 0 Å². The molecule has 49 heavy (non-hydrogen) atoms. The lowest BCUT2D eigenvalue weighted by Gasteiger charge is -2.38. The highest BCUT2D eigenvalue weighted by molar-refractivity contribution is 6.28. The maximum absolute atomic E-state index is 6.41. The lowest BCUT2D eigenvalue weighted by atomic mass is 9.65. The molecule has 0 saturated heterocycles. The fraction of sp³-hybridized carbons (Fsp3) is 0.136. The largest absolute Gasteiger partial charge is 0.328 e. The molecule has 2 aromatic heterocycles. The van der Waals surface area contributed by atoms with Crippen molar-refractivity contribution in [2.24, 2.45) is 5.73 Å². The van der Waals surface area contributed by atoms with Gasteiger partial charge in [-0.05, 0) is 86.5 Å². The van der Waals surface area contributed by atoms with Crippen molar-refractivity contribution in [2.45, 2.75) is 38.1 Å². The van der Waals surface area contributed by atoms with Crippen LogP contribution in [0.15, 0.2) is 134 Å². The van der Waals surface area contributed by atoms with E-state index in [0.29, 0.717) is 11.6 Å². The van der Waals surface area contributed by atoms with E-state index in [4.69, 9.17) is 25.7 Å². The van der Waals surface area contributed by atoms with Gasteiger partial charge in [0.05, 0.1) is 0 Å². The summed E-state index contributed by atoms with van der Waals surface area (Å²) < 4.78 is 0. The van der Waals surface area contributed by atoms with E-state index in [-0.39, 0.29) is 11.5 Å². The van der Waals surface area contributed by atoms with Gasteiger partial charge in [-0.2, -0.15) is 0 Å². The minimum Gasteiger partial charge on any atom is -0.328 e. The molecule has 8 aromatic rings. The molecule has 9 rings (SSSR count). The van der Waals surface area contributed by atoms with E-state index in [1.165, 1.54) is 27.3 Å². The lowest BCUT2D eigenvalue weighted by molar-refractivity contribution is 0.474. The molecule has 5 heteroatoms. The molecule has 1 aliphatic carbocycles. The molecule has 2 N–H and O–H groups in total. The predicted octanol–water partition coefficient (Wildman–Crippen LogP) is 10.1. The zero-order chi connectivity index (χ0) is 33.1. The molecule has 0 spiro atoms. The van der Waals surface area contributed by atoms with E-state index >= 15 is 0 Å². The van der Waals surface area contributed by atoms with Gasteiger partial charge in [0.1, 0.15) is 0 Å². The van der Waals surface area contributed by atoms with Crippen LogP contribution in [0.2, 0.25) is 0 Å². The summed E-state index contributed by atoms with van der Waals surface area (Å²) in [6.45, 7) is 4.49. The van der Waals surface area contributed by atoms with Crippen molar-refractivity contribution >= 4 is 32.3 Å². The Kier molecular flexibility index (Phi) is 6.85. The Hall–Kier alpha value is -5.78. The fourth-order valence-corrected chi connectivity index (χ4v) is 7.87. The molecular weight excluding hydrogens is 599 g/mol. The molecule has 1 atom stereocenters. The molecule has 0 radical (unpaired) electrons. The smallest absolute Gasteiger partial charge is 0.159 e. The van der Waals surface area contributed by atoms with Crippen LogP contribution in [0.25, 0.3) is 77.3 Å². The molecule has 236 valence electrons. The van der Waals surface area contributed by atoms with Crippen LogP contribution >= 0.6 is 0 Å². The van der Waals surface area contributed by atoms with Crippen LogP contribution in [0.4, 0.5) is 0 Å². The van der Waals surface area contributed by atoms with Crippen LogP contribution in [0.5, 0.6) is 0 Å². The second-order valence-electron chi connectivity index (χ2n) is 13.6. The summed E-state index contributed by atoms with van der Waals surface area (Å²) in [6, 6.07) is 38.6. The average molecular weight is 634 g/mol. The third kappa shape index (κ3) is 4.73. The first-order valence-corrected chi connectivity index (χ1v) is 17.0. The first-order valence-electron chi connectivity index (χ1n) is 17.0. The van der Waals surface area contributed by atoms with Crippen LogP contribution in [-0.4, -0.2) is 26.0 Å². The zero-order valence-electron chi connectivity index (χ0n) is 27.6. The first kappa shape index (κ1) is 29.4. The standard InChI is InChI=1S/C44H35N5/c1-27(45)19-20-44(2)37-17-9-15-33-35(42-46-23-31(24-47-42)28-11-5-3-6-12-28)21-30-22-36(34-16-10-18-38(44)41(34)39(30)40(33)37)43-48-25-32(26-49-43)29-13-7-4-8-14-29/h3-18,21-27H,19-20,45H2,1-2H3. The second kappa shape index (κ2) is 11.4. The van der Waals surface area contributed by atoms with Crippen molar-refractivity contribution < 1.29 is 0 Å². The number of hydrogen-bond donors (Lipinski definition) is 1. The van der Waals surface area contributed by atoms with Gasteiger partial charge in [0.15, 0.2) is 11.6 Å². The van der Waals surface area contributed by atoms with Gasteiger partial charge in [0.25, 0.3) is 0 Å². The zero-order valence-corrected chi connectivity index (χ0v) is 27.6. The summed E-state index contributed by atoms with van der Waals surface area (Å²) in [6.07, 6.45) is 9.58. The molecule has 5 nitrogen and oxygen atoms in total. The van der Waals surface area contributed by atoms with Gasteiger partial charge in [-0.25, -0.2) is 19.9 Å². The fourth-order valence-electron chi connectivity index (χ4n) is 7.87. The number of nitrogens with zero attached hydrogens (tertiary/aromatic N) is 4. The third-order valence-corrected chi connectivity index (χ3v) is 10.4. The van der Waals surface area contributed by atoms with Gasteiger partial charge in [-0.15, -0.1) is 0 Å². The van der Waals surface area contributed by atoms with Crippen LogP contribution < -0.4 is 5.73 Å². The molecule has 0 amide bonds. The minimum absolute atomic E-state index is 0.0994. The molecular formula is C44H35N5. The van der Waals surface area contributed by atoms with Gasteiger partial charge in [-0.1, -0.05) is 104 Å². The summed E-state index contributed by atoms with van der Waals surface area (Å²) in [5.74, 6) is 1.42. The summed E-state index contributed by atoms with van der Waals surface area (Å²) in [5.41, 5.74) is 15.0. The molecule has 0 bridgehead atoms. The summed E-state index contributed by atoms with van der Waals surface area (Å²) >= 11 is 0. The van der Waals surface area contributed by atoms with Crippen LogP contribution in [0.1, 0.15) is 37.8 Å². The van der Waals surface area contributed by atoms with E-state index in [9.17, 15) is 0 Å². The van der Waals surface area contributed by atoms with Crippen molar-refractivity contribution in [3.05, 3.63) is 145 Å². The quantitative estimate of drug-likeness (QED) is 0.177. The van der Waals surface area contributed by atoms with Crippen molar-refractivity contribution in [3.8, 4) is 45.0 Å². The van der Waals surface area contributed by atoms with Crippen LogP contribution in [0.3, 0.4) is 0 Å². The Morgan fingerprint density at radius 1 is 0.551 bits per heavy atom. The van der Waals surface area contributed by atoms with Gasteiger partial charge >= 0.3 is 0 Å². The summed E-state index contributed by atoms with van der Waals surface area (Å²) in [5, 5.41) is 7.27. The molecule has 1 unspecified atom stereocenters. The summed E-state index contributed by atoms with van der Waals surface area (Å²) in [7, 11) is 0. The Morgan fingerprint density at radius 2 is 1.00 bits per heavy atom. The highest BCUT2D eigenvalue weighted by Crippen LogP contribution is 2.53. The predicted molar refractivity (Wildman–Crippen MR) is 201 cm³/mol. The minimum atomic E-state index is -0.250. The van der Waals surface area contributed by atoms with Gasteiger partial charge in [-0.3, -0.25) is 0 Å². The maximum atomic E-state index is 6.41. The normalized spacial score (nSPS) is 13.9. The molecule has 0 saturated carbocycles. The molecule has 2 heterocycles. The van der Waals surface area contributed by atoms with E-state index < -0.39 is 0 Å². The van der Waals surface area contributed by atoms with E-state index in [2.05, 4.69) is 86.6 Å². The van der Waals surface area contributed by atoms with Crippen molar-refractivity contribution in [1.29, 1.82) is 0 Å². The number of rotatable bonds is 7. The van der Waals surface area contributed by atoms with E-state index in [0.717, 1.165) is 62.4 Å². The van der Waals surface area contributed by atoms with Crippen molar-refractivity contribution in [2.75, 3.05) is 0 Å². The summed E-state index contributed by atoms with van der Waals surface area (Å²) in [4.78, 5) is 19.8. The number of nitrogens with two attached hydrogens (primary N) is 1. The Bertz CT molecular complexity index is 2340. The highest BCUT2D eigenvalue weighted by Gasteiger charge is 2.37. The number of aromatic nitrogens is 4. The average Bonchev–Trinajstić information content (AvgIpc) is 3.16. The van der Waals surface area contributed by atoms with Gasteiger partial charge < -0.3 is 5.73 Å². The molecule has 0 fully saturated rings. The van der Waals surface area contributed by atoms with Gasteiger partial charge in [0, 0.05) is 58.5 Å². The monoisotopic (exact) mass is 633 g/mol. The third-order valence-electron chi connectivity index (χ3n) is 10.4. The Morgan fingerprint density at radius 3 is 1.43 bits per heavy atom. The van der Waals surface area contributed by atoms with Crippen LogP contribution in [-0.2, 0) is 5.41 Å². The molecule has 0 aliphatic heterocycles. The second-order valence-corrected chi connectivity index (χ2v) is 13.6. The number of benzene rings is 6. The maximum Gasteiger partial charge on any atom is 0.159 e. The molecule has 6 aromatic carbocycles. The Labute approximate surface area is 285 Å². The van der Waals surface area contributed by atoms with Crippen molar-refractivity contribution in [1.82, 2.24) is 19.9 Å². The lowest BCUT2D eigenvalue weighted by Crippen LogP contribution is -2.29. The van der Waals surface area contributed by atoms with Crippen molar-refractivity contribution in [3.63, 3.8) is 0 Å².